The fraction of sp³-hybridized carbons (Fsp3) is 0.111. The predicted molar refractivity (Wildman–Crippen MR) is 98.6 cm³/mol. The van der Waals surface area contributed by atoms with Crippen molar-refractivity contribution in [3.63, 3.8) is 0 Å². The van der Waals surface area contributed by atoms with Crippen LogP contribution in [0.3, 0.4) is 0 Å². The molecule has 0 aromatic heterocycles. The van der Waals surface area contributed by atoms with Crippen molar-refractivity contribution in [3.8, 4) is 17.6 Å². The number of ether oxygens (including phenoxy) is 2. The number of amides is 1. The van der Waals surface area contributed by atoms with Crippen LogP contribution in [0.5, 0.6) is 11.5 Å². The Morgan fingerprint density at radius 1 is 1.15 bits per heavy atom. The molecule has 0 atom stereocenters. The van der Waals surface area contributed by atoms with E-state index >= 15 is 0 Å². The number of rotatable bonds is 7. The second-order valence-corrected chi connectivity index (χ2v) is 5.11. The lowest BCUT2D eigenvalue weighted by Crippen LogP contribution is -2.15. The number of nitrogens with zero attached hydrogens (tertiary/aromatic N) is 2. The van der Waals surface area contributed by atoms with Crippen LogP contribution in [0.25, 0.3) is 0 Å². The molecule has 0 aliphatic heterocycles. The number of hydrogen-bond donors (Lipinski definition) is 2. The summed E-state index contributed by atoms with van der Waals surface area (Å²) in [5.41, 5.74) is 0.428. The summed E-state index contributed by atoms with van der Waals surface area (Å²) in [6.45, 7) is 0. The monoisotopic (exact) mass is 368 g/mol. The molecule has 2 aromatic carbocycles. The normalized spacial score (nSPS) is 10.5. The van der Waals surface area contributed by atoms with Crippen molar-refractivity contribution in [2.24, 2.45) is 0 Å². The highest BCUT2D eigenvalue weighted by molar-refractivity contribution is 6.07. The molecule has 0 saturated heterocycles. The molecule has 0 spiro atoms. The Balaban J connectivity index is 2.20. The predicted octanol–water partition coefficient (Wildman–Crippen LogP) is 3.07. The molecule has 2 aromatic rings. The van der Waals surface area contributed by atoms with Crippen molar-refractivity contribution in [2.45, 2.75) is 0 Å². The van der Waals surface area contributed by atoms with Gasteiger partial charge < -0.3 is 20.1 Å². The van der Waals surface area contributed by atoms with Gasteiger partial charge in [0.2, 0.25) is 0 Å². The zero-order valence-corrected chi connectivity index (χ0v) is 14.6. The first kappa shape index (κ1) is 19.3. The van der Waals surface area contributed by atoms with E-state index in [0.717, 1.165) is 0 Å². The van der Waals surface area contributed by atoms with Crippen molar-refractivity contribution in [1.82, 2.24) is 0 Å². The molecule has 0 fully saturated rings. The van der Waals surface area contributed by atoms with Crippen molar-refractivity contribution in [3.05, 3.63) is 64.4 Å². The van der Waals surface area contributed by atoms with E-state index in [-0.39, 0.29) is 17.0 Å². The van der Waals surface area contributed by atoms with Gasteiger partial charge in [-0.1, -0.05) is 12.1 Å². The number of anilines is 2. The van der Waals surface area contributed by atoms with E-state index in [9.17, 15) is 20.2 Å². The molecular formula is C18H16N4O5. The van der Waals surface area contributed by atoms with Gasteiger partial charge in [0.1, 0.15) is 23.1 Å². The lowest BCUT2D eigenvalue weighted by atomic mass is 10.2. The topological polar surface area (TPSA) is 127 Å². The molecule has 0 heterocycles. The Labute approximate surface area is 155 Å². The lowest BCUT2D eigenvalue weighted by molar-refractivity contribution is -0.384. The summed E-state index contributed by atoms with van der Waals surface area (Å²) in [7, 11) is 2.82. The molecule has 9 nitrogen and oxygen atoms in total. The van der Waals surface area contributed by atoms with Crippen molar-refractivity contribution >= 4 is 23.0 Å². The number of para-hydroxylation sites is 2. The minimum Gasteiger partial charge on any atom is -0.495 e. The number of nitriles is 1. The van der Waals surface area contributed by atoms with Crippen LogP contribution in [0.1, 0.15) is 0 Å². The Morgan fingerprint density at radius 2 is 1.85 bits per heavy atom. The molecule has 0 bridgehead atoms. The standard InChI is InChI=1S/C18H16N4O5/c1-26-16-6-4-3-5-15(16)21-18(23)12(10-19)11-20-14-8-7-13(22(24)25)9-17(14)27-2/h3-9,11,20H,1-2H3,(H,21,23)/b12-11-. The van der Waals surface area contributed by atoms with Gasteiger partial charge in [-0.3, -0.25) is 14.9 Å². The second kappa shape index (κ2) is 8.87. The highest BCUT2D eigenvalue weighted by atomic mass is 16.6. The van der Waals surface area contributed by atoms with Crippen LogP contribution in [0.2, 0.25) is 0 Å². The van der Waals surface area contributed by atoms with E-state index in [2.05, 4.69) is 10.6 Å². The third kappa shape index (κ3) is 4.73. The van der Waals surface area contributed by atoms with Gasteiger partial charge in [0.25, 0.3) is 11.6 Å². The average molecular weight is 368 g/mol. The Bertz CT molecular complexity index is 934. The number of hydrogen-bond acceptors (Lipinski definition) is 7. The number of nitrogens with one attached hydrogen (secondary N) is 2. The minimum absolute atomic E-state index is 0.143. The van der Waals surface area contributed by atoms with Crippen LogP contribution < -0.4 is 20.1 Å². The highest BCUT2D eigenvalue weighted by Crippen LogP contribution is 2.29. The molecule has 2 rings (SSSR count). The summed E-state index contributed by atoms with van der Waals surface area (Å²) in [6.07, 6.45) is 1.19. The highest BCUT2D eigenvalue weighted by Gasteiger charge is 2.14. The molecule has 2 N–H and O–H groups in total. The number of methoxy groups -OCH3 is 2. The van der Waals surface area contributed by atoms with Crippen molar-refractivity contribution in [2.75, 3.05) is 24.9 Å². The molecule has 1 amide bonds. The first-order valence-corrected chi connectivity index (χ1v) is 7.63. The average Bonchev–Trinajstić information content (AvgIpc) is 2.68. The Kier molecular flexibility index (Phi) is 6.33. The minimum atomic E-state index is -0.643. The maximum absolute atomic E-state index is 12.3. The number of carbonyl (C=O) groups is 1. The van der Waals surface area contributed by atoms with Gasteiger partial charge in [0.05, 0.1) is 36.6 Å². The van der Waals surface area contributed by atoms with Gasteiger partial charge in [-0.05, 0) is 18.2 Å². The number of nitro groups is 1. The van der Waals surface area contributed by atoms with E-state index in [4.69, 9.17) is 9.47 Å². The molecule has 138 valence electrons. The smallest absolute Gasteiger partial charge is 0.273 e. The van der Waals surface area contributed by atoms with Gasteiger partial charge in [0.15, 0.2) is 0 Å². The van der Waals surface area contributed by atoms with Crippen LogP contribution in [0.4, 0.5) is 17.1 Å². The van der Waals surface area contributed by atoms with E-state index < -0.39 is 10.8 Å². The van der Waals surface area contributed by atoms with E-state index in [1.807, 2.05) is 0 Å². The van der Waals surface area contributed by atoms with Crippen molar-refractivity contribution in [1.29, 1.82) is 5.26 Å². The fourth-order valence-corrected chi connectivity index (χ4v) is 2.15. The van der Waals surface area contributed by atoms with Crippen molar-refractivity contribution < 1.29 is 19.2 Å². The Morgan fingerprint density at radius 3 is 2.48 bits per heavy atom. The van der Waals surface area contributed by atoms with Gasteiger partial charge in [-0.2, -0.15) is 5.26 Å². The summed E-state index contributed by atoms with van der Waals surface area (Å²) in [6, 6.07) is 12.5. The first-order valence-electron chi connectivity index (χ1n) is 7.63. The lowest BCUT2D eigenvalue weighted by Gasteiger charge is -2.10. The van der Waals surface area contributed by atoms with Crippen LogP contribution in [-0.2, 0) is 4.79 Å². The van der Waals surface area contributed by atoms with Gasteiger partial charge >= 0.3 is 0 Å². The first-order chi connectivity index (χ1) is 13.0. The summed E-state index contributed by atoms with van der Waals surface area (Å²) in [5, 5.41) is 25.4. The zero-order valence-electron chi connectivity index (χ0n) is 14.6. The number of benzene rings is 2. The largest absolute Gasteiger partial charge is 0.495 e. The van der Waals surface area contributed by atoms with E-state index in [1.165, 1.54) is 38.6 Å². The molecule has 0 aliphatic carbocycles. The Hall–Kier alpha value is -4.06. The molecule has 0 aliphatic rings. The molecule has 0 saturated carbocycles. The summed E-state index contributed by atoms with van der Waals surface area (Å²) in [4.78, 5) is 22.6. The SMILES string of the molecule is COc1cc([N+](=O)[O-])ccc1N/C=C(/C#N)C(=O)Nc1ccccc1OC. The molecule has 0 radical (unpaired) electrons. The van der Waals surface area contributed by atoms with Gasteiger partial charge in [-0.15, -0.1) is 0 Å². The number of carbonyl (C=O) groups excluding carboxylic acids is 1. The maximum atomic E-state index is 12.3. The van der Waals surface area contributed by atoms with Gasteiger partial charge in [-0.25, -0.2) is 0 Å². The maximum Gasteiger partial charge on any atom is 0.273 e. The third-order valence-electron chi connectivity index (χ3n) is 3.49. The third-order valence-corrected chi connectivity index (χ3v) is 3.49. The summed E-state index contributed by atoms with van der Waals surface area (Å²) < 4.78 is 10.2. The number of non-ortho nitro benzene ring substituents is 1. The second-order valence-electron chi connectivity index (χ2n) is 5.11. The van der Waals surface area contributed by atoms with E-state index in [0.29, 0.717) is 17.1 Å². The van der Waals surface area contributed by atoms with E-state index in [1.54, 1.807) is 30.3 Å². The summed E-state index contributed by atoms with van der Waals surface area (Å²) in [5.74, 6) is 0.00592. The van der Waals surface area contributed by atoms with Crippen LogP contribution in [-0.4, -0.2) is 25.1 Å². The molecule has 0 unspecified atom stereocenters. The van der Waals surface area contributed by atoms with Crippen LogP contribution in [0, 0.1) is 21.4 Å². The van der Waals surface area contributed by atoms with Crippen LogP contribution in [0.15, 0.2) is 54.2 Å². The molecule has 27 heavy (non-hydrogen) atoms. The van der Waals surface area contributed by atoms with Gasteiger partial charge in [0, 0.05) is 12.3 Å². The summed E-state index contributed by atoms with van der Waals surface area (Å²) >= 11 is 0. The number of nitro benzene ring substituents is 1. The fourth-order valence-electron chi connectivity index (χ4n) is 2.15. The van der Waals surface area contributed by atoms with Crippen LogP contribution >= 0.6 is 0 Å². The zero-order chi connectivity index (χ0) is 19.8. The quantitative estimate of drug-likeness (QED) is 0.333. The molecular weight excluding hydrogens is 352 g/mol. The molecule has 9 heteroatoms.